The lowest BCUT2D eigenvalue weighted by Gasteiger charge is -2.10. The summed E-state index contributed by atoms with van der Waals surface area (Å²) < 4.78 is 5.56. The summed E-state index contributed by atoms with van der Waals surface area (Å²) in [5, 5.41) is 12.3. The van der Waals surface area contributed by atoms with Crippen molar-refractivity contribution in [3.05, 3.63) is 28.8 Å². The summed E-state index contributed by atoms with van der Waals surface area (Å²) in [6, 6.07) is 5.50. The van der Waals surface area contributed by atoms with Gasteiger partial charge in [-0.1, -0.05) is 18.5 Å². The molecule has 1 aromatic rings. The summed E-state index contributed by atoms with van der Waals surface area (Å²) in [4.78, 5) is 11.5. The van der Waals surface area contributed by atoms with Crippen LogP contribution in [0.3, 0.4) is 0 Å². The predicted molar refractivity (Wildman–Crippen MR) is 80.2 cm³/mol. The molecule has 1 aromatic carbocycles. The molecule has 5 heteroatoms. The van der Waals surface area contributed by atoms with E-state index >= 15 is 0 Å². The highest BCUT2D eigenvalue weighted by Crippen LogP contribution is 2.21. The van der Waals surface area contributed by atoms with Crippen LogP contribution in [0.15, 0.2) is 18.2 Å². The molecule has 0 spiro atoms. The number of amides is 1. The molecule has 0 bridgehead atoms. The molecule has 1 rings (SSSR count). The van der Waals surface area contributed by atoms with Gasteiger partial charge in [0.25, 0.3) is 0 Å². The van der Waals surface area contributed by atoms with Crippen molar-refractivity contribution in [3.8, 4) is 5.75 Å². The Labute approximate surface area is 125 Å². The van der Waals surface area contributed by atoms with Gasteiger partial charge in [-0.15, -0.1) is 0 Å². The average Bonchev–Trinajstić information content (AvgIpc) is 2.44. The molecule has 1 amide bonds. The van der Waals surface area contributed by atoms with Gasteiger partial charge in [-0.3, -0.25) is 4.79 Å². The molecule has 112 valence electrons. The Morgan fingerprint density at radius 3 is 2.90 bits per heavy atom. The van der Waals surface area contributed by atoms with Gasteiger partial charge in [-0.25, -0.2) is 0 Å². The SMILES string of the molecule is Cc1cc(OCCCC(=O)NCC(C)CO)ccc1Cl. The molecule has 1 unspecified atom stereocenters. The van der Waals surface area contributed by atoms with Crippen LogP contribution in [0, 0.1) is 12.8 Å². The minimum atomic E-state index is -0.0128. The normalized spacial score (nSPS) is 12.0. The lowest BCUT2D eigenvalue weighted by molar-refractivity contribution is -0.121. The van der Waals surface area contributed by atoms with E-state index in [1.165, 1.54) is 0 Å². The van der Waals surface area contributed by atoms with E-state index in [9.17, 15) is 4.79 Å². The number of halogens is 1. The average molecular weight is 300 g/mol. The zero-order valence-electron chi connectivity index (χ0n) is 12.0. The summed E-state index contributed by atoms with van der Waals surface area (Å²) in [6.07, 6.45) is 1.08. The smallest absolute Gasteiger partial charge is 0.220 e. The lowest BCUT2D eigenvalue weighted by Crippen LogP contribution is -2.29. The topological polar surface area (TPSA) is 58.6 Å². The maximum atomic E-state index is 11.5. The molecule has 0 aliphatic carbocycles. The van der Waals surface area contributed by atoms with Gasteiger partial charge in [-0.2, -0.15) is 0 Å². The first-order valence-electron chi connectivity index (χ1n) is 6.79. The van der Waals surface area contributed by atoms with Crippen molar-refractivity contribution in [1.82, 2.24) is 5.32 Å². The summed E-state index contributed by atoms with van der Waals surface area (Å²) >= 11 is 5.93. The van der Waals surface area contributed by atoms with Crippen LogP contribution in [0.1, 0.15) is 25.3 Å². The largest absolute Gasteiger partial charge is 0.494 e. The number of aliphatic hydroxyl groups excluding tert-OH is 1. The zero-order valence-corrected chi connectivity index (χ0v) is 12.7. The Bertz CT molecular complexity index is 437. The Balaban J connectivity index is 2.18. The molecular weight excluding hydrogens is 278 g/mol. The number of carbonyl (C=O) groups excluding carboxylic acids is 1. The van der Waals surface area contributed by atoms with Gasteiger partial charge >= 0.3 is 0 Å². The maximum Gasteiger partial charge on any atom is 0.220 e. The number of ether oxygens (including phenoxy) is 1. The van der Waals surface area contributed by atoms with Crippen molar-refractivity contribution in [1.29, 1.82) is 0 Å². The van der Waals surface area contributed by atoms with E-state index in [0.717, 1.165) is 16.3 Å². The van der Waals surface area contributed by atoms with Crippen molar-refractivity contribution in [2.45, 2.75) is 26.7 Å². The highest BCUT2D eigenvalue weighted by molar-refractivity contribution is 6.31. The van der Waals surface area contributed by atoms with Crippen LogP contribution in [0.2, 0.25) is 5.02 Å². The molecule has 2 N–H and O–H groups in total. The minimum absolute atomic E-state index is 0.0128. The fourth-order valence-electron chi connectivity index (χ4n) is 1.57. The second kappa shape index (κ2) is 8.82. The molecular formula is C15H22ClNO3. The van der Waals surface area contributed by atoms with Crippen LogP contribution < -0.4 is 10.1 Å². The third kappa shape index (κ3) is 6.26. The quantitative estimate of drug-likeness (QED) is 0.725. The molecule has 0 aromatic heterocycles. The van der Waals surface area contributed by atoms with Gasteiger partial charge in [0.05, 0.1) is 6.61 Å². The van der Waals surface area contributed by atoms with Gasteiger partial charge in [0.15, 0.2) is 0 Å². The number of hydrogen-bond acceptors (Lipinski definition) is 3. The molecule has 0 heterocycles. The summed E-state index contributed by atoms with van der Waals surface area (Å²) in [5.74, 6) is 0.842. The fourth-order valence-corrected chi connectivity index (χ4v) is 1.69. The van der Waals surface area contributed by atoms with Crippen LogP contribution >= 0.6 is 11.6 Å². The molecule has 0 radical (unpaired) electrons. The van der Waals surface area contributed by atoms with Crippen LogP contribution in [-0.4, -0.2) is 30.8 Å². The van der Waals surface area contributed by atoms with Crippen LogP contribution in [0.25, 0.3) is 0 Å². The molecule has 0 fully saturated rings. The highest BCUT2D eigenvalue weighted by Gasteiger charge is 2.05. The van der Waals surface area contributed by atoms with E-state index in [-0.39, 0.29) is 18.4 Å². The van der Waals surface area contributed by atoms with E-state index in [4.69, 9.17) is 21.4 Å². The summed E-state index contributed by atoms with van der Waals surface area (Å²) in [5.41, 5.74) is 0.972. The second-order valence-electron chi connectivity index (χ2n) is 4.95. The van der Waals surface area contributed by atoms with E-state index in [1.54, 1.807) is 6.07 Å². The molecule has 4 nitrogen and oxygen atoms in total. The van der Waals surface area contributed by atoms with Crippen molar-refractivity contribution in [2.24, 2.45) is 5.92 Å². The van der Waals surface area contributed by atoms with Crippen molar-refractivity contribution >= 4 is 17.5 Å². The lowest BCUT2D eigenvalue weighted by atomic mass is 10.2. The monoisotopic (exact) mass is 299 g/mol. The van der Waals surface area contributed by atoms with Crippen molar-refractivity contribution < 1.29 is 14.6 Å². The van der Waals surface area contributed by atoms with E-state index in [2.05, 4.69) is 5.32 Å². The van der Waals surface area contributed by atoms with E-state index in [1.807, 2.05) is 26.0 Å². The molecule has 0 aliphatic rings. The van der Waals surface area contributed by atoms with Crippen LogP contribution in [0.5, 0.6) is 5.75 Å². The van der Waals surface area contributed by atoms with E-state index < -0.39 is 0 Å². The van der Waals surface area contributed by atoms with Crippen LogP contribution in [-0.2, 0) is 4.79 Å². The number of nitrogens with one attached hydrogen (secondary N) is 1. The number of aryl methyl sites for hydroxylation is 1. The van der Waals surface area contributed by atoms with Gasteiger partial charge in [0.1, 0.15) is 5.75 Å². The predicted octanol–water partition coefficient (Wildman–Crippen LogP) is 2.55. The fraction of sp³-hybridized carbons (Fsp3) is 0.533. The van der Waals surface area contributed by atoms with Gasteiger partial charge in [0, 0.05) is 24.6 Å². The zero-order chi connectivity index (χ0) is 15.0. The Kier molecular flexibility index (Phi) is 7.41. The Morgan fingerprint density at radius 2 is 2.25 bits per heavy atom. The van der Waals surface area contributed by atoms with Gasteiger partial charge in [0.2, 0.25) is 5.91 Å². The second-order valence-corrected chi connectivity index (χ2v) is 5.36. The number of carbonyl (C=O) groups is 1. The molecule has 20 heavy (non-hydrogen) atoms. The molecule has 1 atom stereocenters. The Hall–Kier alpha value is -1.26. The first kappa shape index (κ1) is 16.8. The number of hydrogen-bond donors (Lipinski definition) is 2. The summed E-state index contributed by atoms with van der Waals surface area (Å²) in [7, 11) is 0. The maximum absolute atomic E-state index is 11.5. The molecule has 0 saturated heterocycles. The van der Waals surface area contributed by atoms with Gasteiger partial charge < -0.3 is 15.2 Å². The first-order chi connectivity index (χ1) is 9.52. The number of rotatable bonds is 8. The van der Waals surface area contributed by atoms with Crippen LogP contribution in [0.4, 0.5) is 0 Å². The third-order valence-corrected chi connectivity index (χ3v) is 3.33. The van der Waals surface area contributed by atoms with Crippen molar-refractivity contribution in [3.63, 3.8) is 0 Å². The minimum Gasteiger partial charge on any atom is -0.494 e. The van der Waals surface area contributed by atoms with E-state index in [0.29, 0.717) is 26.0 Å². The van der Waals surface area contributed by atoms with Gasteiger partial charge in [-0.05, 0) is 43.0 Å². The number of benzene rings is 1. The van der Waals surface area contributed by atoms with Crippen molar-refractivity contribution in [2.75, 3.05) is 19.8 Å². The number of aliphatic hydroxyl groups is 1. The summed E-state index contributed by atoms with van der Waals surface area (Å²) in [6.45, 7) is 4.88. The standard InChI is InChI=1S/C15H22ClNO3/c1-11(10-18)9-17-15(19)4-3-7-20-13-5-6-14(16)12(2)8-13/h5-6,8,11,18H,3-4,7,9-10H2,1-2H3,(H,17,19). The Morgan fingerprint density at radius 1 is 1.50 bits per heavy atom. The first-order valence-corrected chi connectivity index (χ1v) is 7.17. The third-order valence-electron chi connectivity index (χ3n) is 2.91. The molecule has 0 aliphatic heterocycles. The molecule has 0 saturated carbocycles. The highest BCUT2D eigenvalue weighted by atomic mass is 35.5.